The van der Waals surface area contributed by atoms with E-state index in [4.69, 9.17) is 20.8 Å². The third-order valence-electron chi connectivity index (χ3n) is 2.72. The van der Waals surface area contributed by atoms with E-state index in [-0.39, 0.29) is 11.1 Å². The molecule has 5 heteroatoms. The third kappa shape index (κ3) is 3.36. The number of hydrogen-bond donors (Lipinski definition) is 1. The van der Waals surface area contributed by atoms with Gasteiger partial charge >= 0.3 is 0 Å². The lowest BCUT2D eigenvalue weighted by Gasteiger charge is -2.09. The van der Waals surface area contributed by atoms with Crippen molar-refractivity contribution in [3.63, 3.8) is 0 Å². The molecule has 0 aliphatic rings. The maximum Gasteiger partial charge on any atom is 0.256 e. The molecule has 100 valence electrons. The molecular weight excluding hydrogens is 266 g/mol. The van der Waals surface area contributed by atoms with Crippen LogP contribution in [0.15, 0.2) is 41.0 Å². The molecule has 0 fully saturated rings. The molecule has 1 N–H and O–H groups in total. The molecule has 2 rings (SSSR count). The van der Waals surface area contributed by atoms with E-state index in [1.54, 1.807) is 13.2 Å². The standard InChI is InChI=1S/C14H14ClNO3/c1-18-9-11-5-3-2-4-10(11)8-16-14(17)12-6-7-19-13(12)15/h2-7H,8-9H2,1H3,(H,16,17). The molecule has 1 aromatic heterocycles. The van der Waals surface area contributed by atoms with Gasteiger partial charge in [-0.25, -0.2) is 0 Å². The SMILES string of the molecule is COCc1ccccc1CNC(=O)c1ccoc1Cl. The van der Waals surface area contributed by atoms with Crippen LogP contribution < -0.4 is 5.32 Å². The lowest BCUT2D eigenvalue weighted by molar-refractivity contribution is 0.0950. The van der Waals surface area contributed by atoms with Crippen LogP contribution in [-0.2, 0) is 17.9 Å². The third-order valence-corrected chi connectivity index (χ3v) is 3.01. The first-order chi connectivity index (χ1) is 9.22. The number of methoxy groups -OCH3 is 1. The number of carbonyl (C=O) groups excluding carboxylic acids is 1. The minimum atomic E-state index is -0.258. The predicted molar refractivity (Wildman–Crippen MR) is 72.0 cm³/mol. The van der Waals surface area contributed by atoms with Gasteiger partial charge in [0.1, 0.15) is 0 Å². The highest BCUT2D eigenvalue weighted by molar-refractivity contribution is 6.32. The molecule has 19 heavy (non-hydrogen) atoms. The fraction of sp³-hybridized carbons (Fsp3) is 0.214. The number of nitrogens with one attached hydrogen (secondary N) is 1. The first-order valence-electron chi connectivity index (χ1n) is 5.79. The number of amides is 1. The van der Waals surface area contributed by atoms with Gasteiger partial charge in [0.2, 0.25) is 5.22 Å². The Kier molecular flexibility index (Phi) is 4.60. The van der Waals surface area contributed by atoms with Crippen molar-refractivity contribution in [2.45, 2.75) is 13.2 Å². The molecule has 0 saturated carbocycles. The summed E-state index contributed by atoms with van der Waals surface area (Å²) >= 11 is 5.75. The van der Waals surface area contributed by atoms with Crippen molar-refractivity contribution in [1.82, 2.24) is 5.32 Å². The highest BCUT2D eigenvalue weighted by Gasteiger charge is 2.12. The van der Waals surface area contributed by atoms with Crippen LogP contribution in [0, 0.1) is 0 Å². The van der Waals surface area contributed by atoms with Crippen LogP contribution >= 0.6 is 11.6 Å². The molecule has 2 aromatic rings. The molecule has 0 unspecified atom stereocenters. The number of benzene rings is 1. The summed E-state index contributed by atoms with van der Waals surface area (Å²) in [5.41, 5.74) is 2.40. The normalized spacial score (nSPS) is 10.4. The number of furan rings is 1. The molecule has 0 saturated heterocycles. The van der Waals surface area contributed by atoms with Crippen molar-refractivity contribution in [3.8, 4) is 0 Å². The molecule has 0 aliphatic heterocycles. The number of ether oxygens (including phenoxy) is 1. The molecule has 0 bridgehead atoms. The van der Waals surface area contributed by atoms with E-state index < -0.39 is 0 Å². The van der Waals surface area contributed by atoms with E-state index in [9.17, 15) is 4.79 Å². The summed E-state index contributed by atoms with van der Waals surface area (Å²) in [5.74, 6) is -0.258. The van der Waals surface area contributed by atoms with Crippen molar-refractivity contribution < 1.29 is 13.9 Å². The molecule has 4 nitrogen and oxygen atoms in total. The van der Waals surface area contributed by atoms with Crippen molar-refractivity contribution in [2.75, 3.05) is 7.11 Å². The summed E-state index contributed by atoms with van der Waals surface area (Å²) < 4.78 is 10.0. The zero-order valence-electron chi connectivity index (χ0n) is 10.5. The highest BCUT2D eigenvalue weighted by atomic mass is 35.5. The van der Waals surface area contributed by atoms with Crippen molar-refractivity contribution in [2.24, 2.45) is 0 Å². The molecule has 0 atom stereocenters. The minimum Gasteiger partial charge on any atom is -0.452 e. The zero-order valence-corrected chi connectivity index (χ0v) is 11.2. The lowest BCUT2D eigenvalue weighted by Crippen LogP contribution is -2.23. The summed E-state index contributed by atoms with van der Waals surface area (Å²) in [7, 11) is 1.64. The molecule has 0 radical (unpaired) electrons. The quantitative estimate of drug-likeness (QED) is 0.915. The number of halogens is 1. The fourth-order valence-corrected chi connectivity index (χ4v) is 1.95. The van der Waals surface area contributed by atoms with Gasteiger partial charge in [-0.15, -0.1) is 0 Å². The minimum absolute atomic E-state index is 0.0997. The monoisotopic (exact) mass is 279 g/mol. The Hall–Kier alpha value is -1.78. The van der Waals surface area contributed by atoms with Crippen LogP contribution in [0.2, 0.25) is 5.22 Å². The average Bonchev–Trinajstić information content (AvgIpc) is 2.84. The number of rotatable bonds is 5. The highest BCUT2D eigenvalue weighted by Crippen LogP contribution is 2.16. The van der Waals surface area contributed by atoms with E-state index in [1.165, 1.54) is 6.26 Å². The fourth-order valence-electron chi connectivity index (χ4n) is 1.75. The predicted octanol–water partition coefficient (Wildman–Crippen LogP) is 3.01. The first kappa shape index (κ1) is 13.6. The number of carbonyl (C=O) groups is 1. The largest absolute Gasteiger partial charge is 0.452 e. The van der Waals surface area contributed by atoms with Gasteiger partial charge in [0.15, 0.2) is 0 Å². The van der Waals surface area contributed by atoms with Gasteiger partial charge in [0.05, 0.1) is 18.4 Å². The zero-order chi connectivity index (χ0) is 13.7. The van der Waals surface area contributed by atoms with E-state index >= 15 is 0 Å². The second kappa shape index (κ2) is 6.41. The van der Waals surface area contributed by atoms with Crippen molar-refractivity contribution in [1.29, 1.82) is 0 Å². The van der Waals surface area contributed by atoms with Gasteiger partial charge < -0.3 is 14.5 Å². The van der Waals surface area contributed by atoms with Gasteiger partial charge in [-0.1, -0.05) is 24.3 Å². The number of hydrogen-bond acceptors (Lipinski definition) is 3. The summed E-state index contributed by atoms with van der Waals surface area (Å²) in [6.45, 7) is 0.929. The second-order valence-corrected chi connectivity index (χ2v) is 4.34. The Morgan fingerprint density at radius 3 is 2.68 bits per heavy atom. The Morgan fingerprint density at radius 1 is 1.32 bits per heavy atom. The molecule has 1 amide bonds. The molecule has 1 aromatic carbocycles. The average molecular weight is 280 g/mol. The van der Waals surface area contributed by atoms with Crippen LogP contribution in [0.3, 0.4) is 0 Å². The smallest absolute Gasteiger partial charge is 0.256 e. The Balaban J connectivity index is 2.03. The van der Waals surface area contributed by atoms with Crippen LogP contribution in [0.25, 0.3) is 0 Å². The molecule has 1 heterocycles. The van der Waals surface area contributed by atoms with Gasteiger partial charge in [-0.05, 0) is 28.8 Å². The van der Waals surface area contributed by atoms with Crippen molar-refractivity contribution >= 4 is 17.5 Å². The topological polar surface area (TPSA) is 51.5 Å². The van der Waals surface area contributed by atoms with Crippen LogP contribution in [0.1, 0.15) is 21.5 Å². The van der Waals surface area contributed by atoms with E-state index in [1.807, 2.05) is 24.3 Å². The summed E-state index contributed by atoms with van der Waals surface area (Å²) in [4.78, 5) is 11.9. The molecule has 0 aliphatic carbocycles. The van der Waals surface area contributed by atoms with Crippen LogP contribution in [0.5, 0.6) is 0 Å². The van der Waals surface area contributed by atoms with Gasteiger partial charge in [-0.2, -0.15) is 0 Å². The maximum atomic E-state index is 11.9. The summed E-state index contributed by atoms with van der Waals surface area (Å²) in [6, 6.07) is 9.32. The summed E-state index contributed by atoms with van der Waals surface area (Å²) in [6.07, 6.45) is 1.39. The molecule has 0 spiro atoms. The second-order valence-electron chi connectivity index (χ2n) is 3.99. The lowest BCUT2D eigenvalue weighted by atomic mass is 10.1. The van der Waals surface area contributed by atoms with E-state index in [2.05, 4.69) is 5.32 Å². The summed E-state index contributed by atoms with van der Waals surface area (Å²) in [5, 5.41) is 2.90. The van der Waals surface area contributed by atoms with Crippen LogP contribution in [-0.4, -0.2) is 13.0 Å². The molecular formula is C14H14ClNO3. The van der Waals surface area contributed by atoms with Gasteiger partial charge in [0, 0.05) is 13.7 Å². The van der Waals surface area contributed by atoms with Gasteiger partial charge in [-0.3, -0.25) is 4.79 Å². The van der Waals surface area contributed by atoms with Gasteiger partial charge in [0.25, 0.3) is 5.91 Å². The van der Waals surface area contributed by atoms with E-state index in [0.29, 0.717) is 18.7 Å². The van der Waals surface area contributed by atoms with Crippen molar-refractivity contribution in [3.05, 3.63) is 58.5 Å². The maximum absolute atomic E-state index is 11.9. The first-order valence-corrected chi connectivity index (χ1v) is 6.17. The Labute approximate surface area is 116 Å². The van der Waals surface area contributed by atoms with E-state index in [0.717, 1.165) is 11.1 Å². The Bertz CT molecular complexity index is 565. The Morgan fingerprint density at radius 2 is 2.05 bits per heavy atom. The van der Waals surface area contributed by atoms with Crippen LogP contribution in [0.4, 0.5) is 0 Å².